The zero-order valence-electron chi connectivity index (χ0n) is 11.5. The number of hydrogen-bond acceptors (Lipinski definition) is 2. The summed E-state index contributed by atoms with van der Waals surface area (Å²) in [5.41, 5.74) is 1.06. The summed E-state index contributed by atoms with van der Waals surface area (Å²) in [4.78, 5) is 12.6. The molecule has 0 radical (unpaired) electrons. The minimum Gasteiger partial charge on any atom is -0.481 e. The van der Waals surface area contributed by atoms with Crippen LogP contribution in [0.4, 0.5) is 0 Å². The van der Waals surface area contributed by atoms with Gasteiger partial charge in [0.05, 0.1) is 5.92 Å². The number of halogens is 1. The minimum atomic E-state index is -0.719. The summed E-state index contributed by atoms with van der Waals surface area (Å²) in [6.07, 6.45) is 1.24. The van der Waals surface area contributed by atoms with E-state index in [9.17, 15) is 9.90 Å². The first-order chi connectivity index (χ1) is 10.1. The molecule has 0 bridgehead atoms. The van der Waals surface area contributed by atoms with Crippen molar-refractivity contribution in [2.75, 3.05) is 5.75 Å². The monoisotopic (exact) mass is 364 g/mol. The third-order valence-corrected chi connectivity index (χ3v) is 4.74. The van der Waals surface area contributed by atoms with Gasteiger partial charge in [-0.25, -0.2) is 0 Å². The number of aliphatic carboxylic acids is 1. The molecular formula is C17H17BrO2S. The molecule has 2 rings (SSSR count). The van der Waals surface area contributed by atoms with Crippen molar-refractivity contribution < 1.29 is 9.90 Å². The summed E-state index contributed by atoms with van der Waals surface area (Å²) in [5.74, 6) is -0.242. The second-order valence-electron chi connectivity index (χ2n) is 4.82. The third kappa shape index (κ3) is 5.56. The molecule has 1 unspecified atom stereocenters. The van der Waals surface area contributed by atoms with Gasteiger partial charge in [0.25, 0.3) is 0 Å². The summed E-state index contributed by atoms with van der Waals surface area (Å²) in [5, 5.41) is 9.38. The molecule has 0 fully saturated rings. The minimum absolute atomic E-state index is 0.337. The molecule has 0 saturated carbocycles. The number of carbonyl (C=O) groups is 1. The standard InChI is InChI=1S/C17H17BrO2S/c18-15-6-4-5-13(12-15)11-14(17(19)20)9-10-21-16-7-2-1-3-8-16/h1-8,12,14H,9-11H2,(H,19,20). The van der Waals surface area contributed by atoms with Gasteiger partial charge in [0, 0.05) is 9.37 Å². The van der Waals surface area contributed by atoms with Gasteiger partial charge in [0.2, 0.25) is 0 Å². The Bertz CT molecular complexity index is 586. The van der Waals surface area contributed by atoms with Crippen molar-refractivity contribution in [1.29, 1.82) is 0 Å². The number of carboxylic acid groups (broad SMARTS) is 1. The van der Waals surface area contributed by atoms with Gasteiger partial charge in [-0.05, 0) is 48.4 Å². The quantitative estimate of drug-likeness (QED) is 0.711. The van der Waals surface area contributed by atoms with Gasteiger partial charge >= 0.3 is 5.97 Å². The zero-order chi connectivity index (χ0) is 15.1. The molecule has 0 spiro atoms. The van der Waals surface area contributed by atoms with Gasteiger partial charge in [-0.2, -0.15) is 0 Å². The van der Waals surface area contributed by atoms with E-state index in [1.807, 2.05) is 42.5 Å². The number of rotatable bonds is 7. The maximum absolute atomic E-state index is 11.4. The smallest absolute Gasteiger partial charge is 0.306 e. The molecular weight excluding hydrogens is 348 g/mol. The summed E-state index contributed by atoms with van der Waals surface area (Å²) in [6, 6.07) is 17.9. The first-order valence-electron chi connectivity index (χ1n) is 6.80. The molecule has 0 aliphatic rings. The van der Waals surface area contributed by atoms with Crippen LogP contribution in [-0.4, -0.2) is 16.8 Å². The average molecular weight is 365 g/mol. The lowest BCUT2D eigenvalue weighted by Gasteiger charge is -2.12. The van der Waals surface area contributed by atoms with Crippen LogP contribution in [0.2, 0.25) is 0 Å². The van der Waals surface area contributed by atoms with Crippen molar-refractivity contribution in [3.05, 3.63) is 64.6 Å². The van der Waals surface area contributed by atoms with Crippen LogP contribution in [0.3, 0.4) is 0 Å². The third-order valence-electron chi connectivity index (χ3n) is 3.20. The highest BCUT2D eigenvalue weighted by Gasteiger charge is 2.17. The summed E-state index contributed by atoms with van der Waals surface area (Å²) >= 11 is 5.13. The fourth-order valence-corrected chi connectivity index (χ4v) is 3.53. The number of thioether (sulfide) groups is 1. The van der Waals surface area contributed by atoms with Gasteiger partial charge < -0.3 is 5.11 Å². The Labute approximate surface area is 137 Å². The van der Waals surface area contributed by atoms with Crippen LogP contribution in [0, 0.1) is 5.92 Å². The van der Waals surface area contributed by atoms with Crippen LogP contribution in [0.25, 0.3) is 0 Å². The van der Waals surface area contributed by atoms with E-state index in [-0.39, 0.29) is 5.92 Å². The molecule has 0 heterocycles. The van der Waals surface area contributed by atoms with E-state index in [0.29, 0.717) is 12.8 Å². The highest BCUT2D eigenvalue weighted by molar-refractivity contribution is 9.10. The average Bonchev–Trinajstić information content (AvgIpc) is 2.47. The topological polar surface area (TPSA) is 37.3 Å². The van der Waals surface area contributed by atoms with E-state index >= 15 is 0 Å². The normalized spacial score (nSPS) is 12.0. The van der Waals surface area contributed by atoms with E-state index in [0.717, 1.165) is 15.8 Å². The molecule has 4 heteroatoms. The van der Waals surface area contributed by atoms with Gasteiger partial charge in [0.1, 0.15) is 0 Å². The number of hydrogen-bond donors (Lipinski definition) is 1. The summed E-state index contributed by atoms with van der Waals surface area (Å²) in [6.45, 7) is 0. The fraction of sp³-hybridized carbons (Fsp3) is 0.235. The second kappa shape index (κ2) is 8.25. The molecule has 2 nitrogen and oxygen atoms in total. The van der Waals surface area contributed by atoms with Gasteiger partial charge in [-0.3, -0.25) is 4.79 Å². The molecule has 0 aliphatic heterocycles. The Morgan fingerprint density at radius 3 is 2.57 bits per heavy atom. The molecule has 2 aromatic carbocycles. The van der Waals surface area contributed by atoms with Crippen molar-refractivity contribution in [3.63, 3.8) is 0 Å². The molecule has 0 amide bonds. The molecule has 21 heavy (non-hydrogen) atoms. The van der Waals surface area contributed by atoms with Crippen molar-refractivity contribution in [2.45, 2.75) is 17.7 Å². The van der Waals surface area contributed by atoms with Crippen molar-refractivity contribution in [3.8, 4) is 0 Å². The molecule has 0 aromatic heterocycles. The van der Waals surface area contributed by atoms with E-state index in [1.165, 1.54) is 4.90 Å². The Hall–Kier alpha value is -1.26. The lowest BCUT2D eigenvalue weighted by atomic mass is 9.97. The molecule has 0 saturated heterocycles. The van der Waals surface area contributed by atoms with Crippen molar-refractivity contribution in [2.24, 2.45) is 5.92 Å². The fourth-order valence-electron chi connectivity index (χ4n) is 2.10. The Morgan fingerprint density at radius 1 is 1.14 bits per heavy atom. The van der Waals surface area contributed by atoms with E-state index in [1.54, 1.807) is 11.8 Å². The van der Waals surface area contributed by atoms with E-state index in [2.05, 4.69) is 28.1 Å². The SMILES string of the molecule is O=C(O)C(CCSc1ccccc1)Cc1cccc(Br)c1. The largest absolute Gasteiger partial charge is 0.481 e. The maximum atomic E-state index is 11.4. The van der Waals surface area contributed by atoms with E-state index < -0.39 is 5.97 Å². The summed E-state index contributed by atoms with van der Waals surface area (Å²) in [7, 11) is 0. The van der Waals surface area contributed by atoms with Gasteiger partial charge in [-0.1, -0.05) is 46.3 Å². The molecule has 1 N–H and O–H groups in total. The predicted octanol–water partition coefficient (Wildman–Crippen LogP) is 4.87. The van der Waals surface area contributed by atoms with Gasteiger partial charge in [0.15, 0.2) is 0 Å². The van der Waals surface area contributed by atoms with Crippen LogP contribution in [-0.2, 0) is 11.2 Å². The molecule has 0 aliphatic carbocycles. The lowest BCUT2D eigenvalue weighted by molar-refractivity contribution is -0.141. The lowest BCUT2D eigenvalue weighted by Crippen LogP contribution is -2.17. The Balaban J connectivity index is 1.89. The van der Waals surface area contributed by atoms with Crippen molar-refractivity contribution >= 4 is 33.7 Å². The highest BCUT2D eigenvalue weighted by atomic mass is 79.9. The van der Waals surface area contributed by atoms with Crippen LogP contribution in [0.15, 0.2) is 64.0 Å². The number of carboxylic acids is 1. The van der Waals surface area contributed by atoms with Crippen LogP contribution in [0.5, 0.6) is 0 Å². The Morgan fingerprint density at radius 2 is 1.90 bits per heavy atom. The molecule has 2 aromatic rings. The number of benzene rings is 2. The van der Waals surface area contributed by atoms with Crippen LogP contribution < -0.4 is 0 Å². The predicted molar refractivity (Wildman–Crippen MR) is 90.8 cm³/mol. The van der Waals surface area contributed by atoms with E-state index in [4.69, 9.17) is 0 Å². The maximum Gasteiger partial charge on any atom is 0.306 e. The highest BCUT2D eigenvalue weighted by Crippen LogP contribution is 2.22. The first-order valence-corrected chi connectivity index (χ1v) is 8.58. The zero-order valence-corrected chi connectivity index (χ0v) is 13.9. The second-order valence-corrected chi connectivity index (χ2v) is 6.90. The Kier molecular flexibility index (Phi) is 6.33. The molecule has 110 valence electrons. The molecule has 1 atom stereocenters. The van der Waals surface area contributed by atoms with Crippen LogP contribution in [0.1, 0.15) is 12.0 Å². The first kappa shape index (κ1) is 16.1. The van der Waals surface area contributed by atoms with Crippen LogP contribution >= 0.6 is 27.7 Å². The van der Waals surface area contributed by atoms with Gasteiger partial charge in [-0.15, -0.1) is 11.8 Å². The summed E-state index contributed by atoms with van der Waals surface area (Å²) < 4.78 is 0.989. The van der Waals surface area contributed by atoms with Crippen molar-refractivity contribution in [1.82, 2.24) is 0 Å².